The van der Waals surface area contributed by atoms with Crippen LogP contribution < -0.4 is 9.47 Å². The fourth-order valence-corrected chi connectivity index (χ4v) is 1.33. The van der Waals surface area contributed by atoms with Crippen LogP contribution in [0.2, 0.25) is 0 Å². The molecule has 15 heavy (non-hydrogen) atoms. The van der Waals surface area contributed by atoms with Gasteiger partial charge in [-0.1, -0.05) is 13.0 Å². The Morgan fingerprint density at radius 3 is 2.73 bits per heavy atom. The van der Waals surface area contributed by atoms with Gasteiger partial charge in [0.15, 0.2) is 11.5 Å². The van der Waals surface area contributed by atoms with Gasteiger partial charge in [-0.25, -0.2) is 0 Å². The number of benzene rings is 1. The van der Waals surface area contributed by atoms with Gasteiger partial charge in [-0.05, 0) is 30.2 Å². The Bertz CT molecular complexity index is 350. The van der Waals surface area contributed by atoms with Crippen LogP contribution in [0.25, 0.3) is 0 Å². The smallest absolute Gasteiger partial charge is 0.256 e. The van der Waals surface area contributed by atoms with E-state index in [2.05, 4.69) is 0 Å². The third-order valence-electron chi connectivity index (χ3n) is 1.86. The lowest BCUT2D eigenvalue weighted by Crippen LogP contribution is -2.03. The van der Waals surface area contributed by atoms with Crippen LogP contribution in [0.3, 0.4) is 0 Å². The van der Waals surface area contributed by atoms with E-state index in [0.29, 0.717) is 23.7 Å². The summed E-state index contributed by atoms with van der Waals surface area (Å²) in [5.41, 5.74) is 0.337. The molecule has 4 heteroatoms. The number of halogens is 1. The molecule has 0 unspecified atom stereocenters. The van der Waals surface area contributed by atoms with Gasteiger partial charge in [0.05, 0.1) is 19.3 Å². The number of carbonyl (C=O) groups is 1. The van der Waals surface area contributed by atoms with Crippen LogP contribution in [0.4, 0.5) is 0 Å². The molecule has 0 N–H and O–H groups in total. The Morgan fingerprint density at radius 2 is 2.20 bits per heavy atom. The van der Waals surface area contributed by atoms with E-state index >= 15 is 0 Å². The zero-order valence-corrected chi connectivity index (χ0v) is 9.50. The van der Waals surface area contributed by atoms with Crippen molar-refractivity contribution in [3.63, 3.8) is 0 Å². The minimum Gasteiger partial charge on any atom is -0.493 e. The summed E-state index contributed by atoms with van der Waals surface area (Å²) in [6, 6.07) is 5.05. The van der Waals surface area contributed by atoms with E-state index in [1.807, 2.05) is 6.92 Å². The third kappa shape index (κ3) is 2.86. The van der Waals surface area contributed by atoms with Crippen molar-refractivity contribution < 1.29 is 14.3 Å². The minimum atomic E-state index is -0.542. The fourth-order valence-electron chi connectivity index (χ4n) is 1.18. The Labute approximate surface area is 93.9 Å². The van der Waals surface area contributed by atoms with E-state index < -0.39 is 5.24 Å². The Balaban J connectivity index is 3.08. The van der Waals surface area contributed by atoms with Crippen LogP contribution >= 0.6 is 11.6 Å². The van der Waals surface area contributed by atoms with E-state index in [4.69, 9.17) is 21.1 Å². The van der Waals surface area contributed by atoms with E-state index in [9.17, 15) is 4.79 Å². The molecule has 0 spiro atoms. The summed E-state index contributed by atoms with van der Waals surface area (Å²) in [5, 5.41) is -0.542. The first kappa shape index (κ1) is 11.9. The predicted octanol–water partition coefficient (Wildman–Crippen LogP) is 2.86. The molecule has 0 aromatic heterocycles. The second kappa shape index (κ2) is 5.61. The Hall–Kier alpha value is -1.22. The zero-order valence-electron chi connectivity index (χ0n) is 8.75. The van der Waals surface area contributed by atoms with Crippen molar-refractivity contribution >= 4 is 16.8 Å². The van der Waals surface area contributed by atoms with Crippen molar-refractivity contribution in [3.05, 3.63) is 23.8 Å². The van der Waals surface area contributed by atoms with Crippen molar-refractivity contribution in [3.8, 4) is 11.5 Å². The summed E-state index contributed by atoms with van der Waals surface area (Å²) in [5.74, 6) is 0.941. The zero-order chi connectivity index (χ0) is 11.3. The second-order valence-corrected chi connectivity index (χ2v) is 3.30. The van der Waals surface area contributed by atoms with E-state index in [1.54, 1.807) is 18.2 Å². The number of hydrogen-bond donors (Lipinski definition) is 0. The first-order chi connectivity index (χ1) is 7.20. The van der Waals surface area contributed by atoms with Gasteiger partial charge < -0.3 is 9.47 Å². The SMILES string of the molecule is CCCOc1c(OC)cccc1C(=O)Cl. The summed E-state index contributed by atoms with van der Waals surface area (Å²) in [6.07, 6.45) is 0.855. The molecule has 0 saturated carbocycles. The number of para-hydroxylation sites is 1. The maximum absolute atomic E-state index is 11.1. The predicted molar refractivity (Wildman–Crippen MR) is 59.0 cm³/mol. The van der Waals surface area contributed by atoms with Gasteiger partial charge in [0, 0.05) is 0 Å². The highest BCUT2D eigenvalue weighted by Gasteiger charge is 2.14. The van der Waals surface area contributed by atoms with Crippen LogP contribution in [-0.4, -0.2) is 19.0 Å². The molecule has 0 aliphatic heterocycles. The van der Waals surface area contributed by atoms with Crippen LogP contribution in [0, 0.1) is 0 Å². The average molecular weight is 229 g/mol. The molecule has 1 rings (SSSR count). The standard InChI is InChI=1S/C11H13ClO3/c1-3-7-15-10-8(11(12)13)5-4-6-9(10)14-2/h4-6H,3,7H2,1-2H3. The van der Waals surface area contributed by atoms with Gasteiger partial charge in [0.1, 0.15) is 0 Å². The quantitative estimate of drug-likeness (QED) is 0.727. The minimum absolute atomic E-state index is 0.337. The molecule has 1 aromatic carbocycles. The lowest BCUT2D eigenvalue weighted by Gasteiger charge is -2.12. The number of hydrogen-bond acceptors (Lipinski definition) is 3. The highest BCUT2D eigenvalue weighted by molar-refractivity contribution is 6.68. The van der Waals surface area contributed by atoms with Crippen LogP contribution in [0.1, 0.15) is 23.7 Å². The van der Waals surface area contributed by atoms with Crippen LogP contribution in [0.5, 0.6) is 11.5 Å². The molecule has 0 radical (unpaired) electrons. The highest BCUT2D eigenvalue weighted by Crippen LogP contribution is 2.32. The topological polar surface area (TPSA) is 35.5 Å². The van der Waals surface area contributed by atoms with Gasteiger partial charge in [-0.2, -0.15) is 0 Å². The molecule has 0 amide bonds. The largest absolute Gasteiger partial charge is 0.493 e. The second-order valence-electron chi connectivity index (χ2n) is 2.96. The molecular formula is C11H13ClO3. The third-order valence-corrected chi connectivity index (χ3v) is 2.06. The van der Waals surface area contributed by atoms with Crippen molar-refractivity contribution in [1.82, 2.24) is 0 Å². The molecule has 0 heterocycles. The van der Waals surface area contributed by atoms with Gasteiger partial charge in [-0.15, -0.1) is 0 Å². The number of carbonyl (C=O) groups excluding carboxylic acids is 1. The number of methoxy groups -OCH3 is 1. The Morgan fingerprint density at radius 1 is 1.47 bits per heavy atom. The molecule has 0 saturated heterocycles. The first-order valence-electron chi connectivity index (χ1n) is 4.70. The maximum atomic E-state index is 11.1. The normalized spacial score (nSPS) is 9.80. The molecule has 82 valence electrons. The van der Waals surface area contributed by atoms with Crippen molar-refractivity contribution in [2.75, 3.05) is 13.7 Å². The monoisotopic (exact) mass is 228 g/mol. The van der Waals surface area contributed by atoms with E-state index in [0.717, 1.165) is 6.42 Å². The lowest BCUT2D eigenvalue weighted by molar-refractivity contribution is 0.107. The Kier molecular flexibility index (Phi) is 4.43. The van der Waals surface area contributed by atoms with Gasteiger partial charge in [0.2, 0.25) is 0 Å². The average Bonchev–Trinajstić information content (AvgIpc) is 2.25. The lowest BCUT2D eigenvalue weighted by atomic mass is 10.2. The number of rotatable bonds is 5. The summed E-state index contributed by atoms with van der Waals surface area (Å²) >= 11 is 5.44. The molecular weight excluding hydrogens is 216 g/mol. The summed E-state index contributed by atoms with van der Waals surface area (Å²) < 4.78 is 10.5. The van der Waals surface area contributed by atoms with E-state index in [1.165, 1.54) is 7.11 Å². The molecule has 0 atom stereocenters. The molecule has 3 nitrogen and oxygen atoms in total. The van der Waals surface area contributed by atoms with Crippen LogP contribution in [-0.2, 0) is 0 Å². The van der Waals surface area contributed by atoms with Crippen molar-refractivity contribution in [2.24, 2.45) is 0 Å². The van der Waals surface area contributed by atoms with E-state index in [-0.39, 0.29) is 0 Å². The maximum Gasteiger partial charge on any atom is 0.256 e. The van der Waals surface area contributed by atoms with Crippen molar-refractivity contribution in [1.29, 1.82) is 0 Å². The highest BCUT2D eigenvalue weighted by atomic mass is 35.5. The first-order valence-corrected chi connectivity index (χ1v) is 5.08. The number of ether oxygens (including phenoxy) is 2. The van der Waals surface area contributed by atoms with Gasteiger partial charge in [-0.3, -0.25) is 4.79 Å². The summed E-state index contributed by atoms with van der Waals surface area (Å²) in [7, 11) is 1.52. The van der Waals surface area contributed by atoms with Gasteiger partial charge >= 0.3 is 0 Å². The van der Waals surface area contributed by atoms with Crippen molar-refractivity contribution in [2.45, 2.75) is 13.3 Å². The summed E-state index contributed by atoms with van der Waals surface area (Å²) in [4.78, 5) is 11.1. The molecule has 1 aromatic rings. The molecule has 0 bridgehead atoms. The molecule has 0 aliphatic rings. The summed E-state index contributed by atoms with van der Waals surface area (Å²) in [6.45, 7) is 2.51. The van der Waals surface area contributed by atoms with Gasteiger partial charge in [0.25, 0.3) is 5.24 Å². The fraction of sp³-hybridized carbons (Fsp3) is 0.364. The van der Waals surface area contributed by atoms with Crippen LogP contribution in [0.15, 0.2) is 18.2 Å². The molecule has 0 fully saturated rings. The molecule has 0 aliphatic carbocycles.